The smallest absolute Gasteiger partial charge is 0.376 e. The van der Waals surface area contributed by atoms with Gasteiger partial charge in [-0.2, -0.15) is 0 Å². The normalized spacial score (nSPS) is 9.58. The molecule has 12 heavy (non-hydrogen) atoms. The van der Waals surface area contributed by atoms with Gasteiger partial charge in [-0.1, -0.05) is 11.6 Å². The van der Waals surface area contributed by atoms with Crippen LogP contribution in [-0.4, -0.2) is 23.0 Å². The average molecular weight is 187 g/mol. The van der Waals surface area contributed by atoms with E-state index in [1.807, 2.05) is 0 Å². The first kappa shape index (κ1) is 8.93. The van der Waals surface area contributed by atoms with E-state index in [0.717, 1.165) is 5.56 Å². The molecule has 0 saturated carbocycles. The zero-order chi connectivity index (χ0) is 9.14. The number of nitrogens with zero attached hydrogens (tertiary/aromatic N) is 2. The van der Waals surface area contributed by atoms with Gasteiger partial charge in [0.2, 0.25) is 5.82 Å². The van der Waals surface area contributed by atoms with E-state index in [4.69, 9.17) is 11.6 Å². The molecule has 0 atom stereocenters. The van der Waals surface area contributed by atoms with Crippen molar-refractivity contribution in [2.45, 2.75) is 6.92 Å². The van der Waals surface area contributed by atoms with Crippen molar-refractivity contribution >= 4 is 17.6 Å². The van der Waals surface area contributed by atoms with Crippen molar-refractivity contribution in [1.29, 1.82) is 0 Å². The zero-order valence-electron chi connectivity index (χ0n) is 6.67. The van der Waals surface area contributed by atoms with Gasteiger partial charge in [-0.25, -0.2) is 14.8 Å². The molecule has 1 heterocycles. The van der Waals surface area contributed by atoms with Gasteiger partial charge < -0.3 is 4.74 Å². The summed E-state index contributed by atoms with van der Waals surface area (Å²) in [5, 5.41) is 0.269. The van der Waals surface area contributed by atoms with Crippen LogP contribution >= 0.6 is 11.6 Å². The van der Waals surface area contributed by atoms with Crippen molar-refractivity contribution in [1.82, 2.24) is 9.97 Å². The molecule has 5 heteroatoms. The monoisotopic (exact) mass is 186 g/mol. The molecule has 0 fully saturated rings. The molecule has 0 aliphatic heterocycles. The van der Waals surface area contributed by atoms with Crippen LogP contribution in [0, 0.1) is 6.92 Å². The van der Waals surface area contributed by atoms with Crippen molar-refractivity contribution in [3.05, 3.63) is 22.7 Å². The number of aryl methyl sites for hydroxylation is 1. The molecule has 0 bridgehead atoms. The van der Waals surface area contributed by atoms with Crippen molar-refractivity contribution < 1.29 is 9.53 Å². The molecule has 1 aromatic heterocycles. The molecule has 64 valence electrons. The highest BCUT2D eigenvalue weighted by atomic mass is 35.5. The van der Waals surface area contributed by atoms with E-state index in [-0.39, 0.29) is 11.0 Å². The van der Waals surface area contributed by atoms with Crippen molar-refractivity contribution in [3.63, 3.8) is 0 Å². The van der Waals surface area contributed by atoms with Crippen LogP contribution in [0.1, 0.15) is 16.2 Å². The predicted octanol–water partition coefficient (Wildman–Crippen LogP) is 1.23. The van der Waals surface area contributed by atoms with Gasteiger partial charge >= 0.3 is 5.97 Å². The van der Waals surface area contributed by atoms with Crippen LogP contribution in [0.3, 0.4) is 0 Å². The number of ether oxygens (including phenoxy) is 1. The van der Waals surface area contributed by atoms with E-state index in [1.54, 1.807) is 6.92 Å². The maximum absolute atomic E-state index is 10.9. The molecule has 0 spiro atoms. The van der Waals surface area contributed by atoms with E-state index in [0.29, 0.717) is 0 Å². The van der Waals surface area contributed by atoms with Crippen LogP contribution in [0.5, 0.6) is 0 Å². The summed E-state index contributed by atoms with van der Waals surface area (Å²) < 4.78 is 4.41. The highest BCUT2D eigenvalue weighted by molar-refractivity contribution is 6.30. The second-order valence-corrected chi connectivity index (χ2v) is 2.52. The van der Waals surface area contributed by atoms with Crippen LogP contribution in [0.2, 0.25) is 5.15 Å². The summed E-state index contributed by atoms with van der Waals surface area (Å²) in [4.78, 5) is 18.3. The third-order valence-corrected chi connectivity index (χ3v) is 1.66. The molecular weight excluding hydrogens is 180 g/mol. The van der Waals surface area contributed by atoms with E-state index < -0.39 is 5.97 Å². The van der Waals surface area contributed by atoms with Gasteiger partial charge in [-0.3, -0.25) is 0 Å². The summed E-state index contributed by atoms with van der Waals surface area (Å²) in [6.45, 7) is 1.75. The predicted molar refractivity (Wildman–Crippen MR) is 43.1 cm³/mol. The first-order valence-corrected chi connectivity index (χ1v) is 3.60. The minimum absolute atomic E-state index is 0.0203. The molecule has 0 saturated heterocycles. The average Bonchev–Trinajstić information content (AvgIpc) is 2.08. The molecular formula is C7H7ClN2O2. The number of carbonyl (C=O) groups excluding carboxylic acids is 1. The van der Waals surface area contributed by atoms with Crippen molar-refractivity contribution in [2.24, 2.45) is 0 Å². The molecule has 0 radical (unpaired) electrons. The molecule has 4 nitrogen and oxygen atoms in total. The summed E-state index contributed by atoms with van der Waals surface area (Å²) in [6, 6.07) is 0. The molecule has 0 aliphatic carbocycles. The standard InChI is InChI=1S/C7H7ClN2O2/c1-4-3-9-6(7(11)12-2)10-5(4)8/h3H,1-2H3. The molecule has 0 aromatic carbocycles. The number of hydrogen-bond donors (Lipinski definition) is 0. The number of rotatable bonds is 1. The van der Waals surface area contributed by atoms with Crippen molar-refractivity contribution in [3.8, 4) is 0 Å². The van der Waals surface area contributed by atoms with Gasteiger partial charge in [0.05, 0.1) is 7.11 Å². The molecule has 0 amide bonds. The third kappa shape index (κ3) is 1.71. The van der Waals surface area contributed by atoms with Crippen LogP contribution in [0.4, 0.5) is 0 Å². The Balaban J connectivity index is 3.05. The summed E-state index contributed by atoms with van der Waals surface area (Å²) in [6.07, 6.45) is 1.47. The molecule has 0 N–H and O–H groups in total. The van der Waals surface area contributed by atoms with Crippen LogP contribution in [0.15, 0.2) is 6.20 Å². The minimum Gasteiger partial charge on any atom is -0.463 e. The fraction of sp³-hybridized carbons (Fsp3) is 0.286. The Kier molecular flexibility index (Phi) is 2.60. The lowest BCUT2D eigenvalue weighted by atomic mass is 10.4. The topological polar surface area (TPSA) is 52.1 Å². The first-order valence-electron chi connectivity index (χ1n) is 3.22. The second kappa shape index (κ2) is 3.49. The lowest BCUT2D eigenvalue weighted by Crippen LogP contribution is -2.07. The number of methoxy groups -OCH3 is 1. The van der Waals surface area contributed by atoms with E-state index in [2.05, 4.69) is 14.7 Å². The molecule has 0 aliphatic rings. The Morgan fingerprint density at radius 1 is 1.67 bits per heavy atom. The number of hydrogen-bond acceptors (Lipinski definition) is 4. The highest BCUT2D eigenvalue weighted by Gasteiger charge is 2.09. The van der Waals surface area contributed by atoms with E-state index in [9.17, 15) is 4.79 Å². The summed E-state index contributed by atoms with van der Waals surface area (Å²) >= 11 is 5.66. The fourth-order valence-electron chi connectivity index (χ4n) is 0.611. The van der Waals surface area contributed by atoms with Gasteiger partial charge in [0.15, 0.2) is 0 Å². The lowest BCUT2D eigenvalue weighted by molar-refractivity contribution is 0.0586. The molecule has 1 rings (SSSR count). The quantitative estimate of drug-likeness (QED) is 0.489. The maximum Gasteiger partial charge on any atom is 0.376 e. The Labute approximate surface area is 74.5 Å². The summed E-state index contributed by atoms with van der Waals surface area (Å²) in [5.74, 6) is -0.606. The van der Waals surface area contributed by atoms with E-state index >= 15 is 0 Å². The van der Waals surface area contributed by atoms with Gasteiger partial charge in [0.1, 0.15) is 5.15 Å². The molecule has 0 unspecified atom stereocenters. The van der Waals surface area contributed by atoms with Gasteiger partial charge in [0, 0.05) is 11.8 Å². The Hall–Kier alpha value is -1.16. The zero-order valence-corrected chi connectivity index (χ0v) is 7.42. The van der Waals surface area contributed by atoms with Crippen LogP contribution in [-0.2, 0) is 4.74 Å². The fourth-order valence-corrected chi connectivity index (χ4v) is 0.740. The van der Waals surface area contributed by atoms with E-state index in [1.165, 1.54) is 13.3 Å². The SMILES string of the molecule is COC(=O)c1ncc(C)c(Cl)n1. The molecule has 1 aromatic rings. The maximum atomic E-state index is 10.9. The number of halogens is 1. The number of aromatic nitrogens is 2. The van der Waals surface area contributed by atoms with Crippen molar-refractivity contribution in [2.75, 3.05) is 7.11 Å². The third-order valence-electron chi connectivity index (χ3n) is 1.28. The minimum atomic E-state index is -0.586. The highest BCUT2D eigenvalue weighted by Crippen LogP contribution is 2.09. The number of esters is 1. The first-order chi connectivity index (χ1) is 5.65. The summed E-state index contributed by atoms with van der Waals surface area (Å²) in [7, 11) is 1.26. The van der Waals surface area contributed by atoms with Crippen LogP contribution in [0.25, 0.3) is 0 Å². The largest absolute Gasteiger partial charge is 0.463 e. The Morgan fingerprint density at radius 3 is 2.83 bits per heavy atom. The van der Waals surface area contributed by atoms with Gasteiger partial charge in [0.25, 0.3) is 0 Å². The van der Waals surface area contributed by atoms with Crippen LogP contribution < -0.4 is 0 Å². The lowest BCUT2D eigenvalue weighted by Gasteiger charge is -1.98. The van der Waals surface area contributed by atoms with Gasteiger partial charge in [-0.05, 0) is 6.92 Å². The number of carbonyl (C=O) groups is 1. The van der Waals surface area contributed by atoms with Gasteiger partial charge in [-0.15, -0.1) is 0 Å². The second-order valence-electron chi connectivity index (χ2n) is 2.16. The Bertz CT molecular complexity index is 314. The Morgan fingerprint density at radius 2 is 2.33 bits per heavy atom. The summed E-state index contributed by atoms with van der Waals surface area (Å²) in [5.41, 5.74) is 0.726.